The van der Waals surface area contributed by atoms with Crippen molar-refractivity contribution in [2.24, 2.45) is 0 Å². The molecule has 0 radical (unpaired) electrons. The Kier molecular flexibility index (Phi) is 4.25. The number of hydrogen-bond acceptors (Lipinski definition) is 6. The normalized spacial score (nSPS) is 11.1. The lowest BCUT2D eigenvalue weighted by atomic mass is 10.2. The van der Waals surface area contributed by atoms with Crippen molar-refractivity contribution in [1.29, 1.82) is 0 Å². The van der Waals surface area contributed by atoms with Gasteiger partial charge in [-0.1, -0.05) is 35.5 Å². The van der Waals surface area contributed by atoms with Gasteiger partial charge in [0.2, 0.25) is 5.16 Å². The summed E-state index contributed by atoms with van der Waals surface area (Å²) in [5.74, 6) is 2.36. The molecule has 0 bridgehead atoms. The summed E-state index contributed by atoms with van der Waals surface area (Å²) in [5.41, 5.74) is 7.77. The molecule has 4 rings (SSSR count). The number of nitrogens with two attached hydrogens (primary N) is 1. The first-order valence-corrected chi connectivity index (χ1v) is 8.88. The van der Waals surface area contributed by atoms with Crippen LogP contribution in [0.2, 0.25) is 5.02 Å². The lowest BCUT2D eigenvalue weighted by Crippen LogP contribution is -2.00. The summed E-state index contributed by atoms with van der Waals surface area (Å²) in [5, 5.41) is 9.32. The number of benzene rings is 2. The zero-order valence-corrected chi connectivity index (χ0v) is 14.6. The van der Waals surface area contributed by atoms with Gasteiger partial charge in [-0.25, -0.2) is 15.0 Å². The van der Waals surface area contributed by atoms with Crippen LogP contribution in [0.3, 0.4) is 0 Å². The van der Waals surface area contributed by atoms with E-state index in [4.69, 9.17) is 17.3 Å². The van der Waals surface area contributed by atoms with Crippen LogP contribution in [-0.4, -0.2) is 25.1 Å². The van der Waals surface area contributed by atoms with Gasteiger partial charge in [-0.05, 0) is 36.4 Å². The number of fused-ring (bicyclic) bond motifs is 1. The molecular weight excluding hydrogens is 356 g/mol. The van der Waals surface area contributed by atoms with Gasteiger partial charge in [0.1, 0.15) is 11.6 Å². The highest BCUT2D eigenvalue weighted by Crippen LogP contribution is 2.24. The molecular formula is C17H13ClN6S. The largest absolute Gasteiger partial charge is 0.383 e. The Balaban J connectivity index is 1.51. The molecule has 0 aliphatic carbocycles. The highest BCUT2D eigenvalue weighted by atomic mass is 35.5. The molecule has 0 fully saturated rings. The second-order valence-electron chi connectivity index (χ2n) is 5.30. The molecule has 6 nitrogen and oxygen atoms in total. The van der Waals surface area contributed by atoms with Crippen LogP contribution in [0, 0.1) is 0 Å². The highest BCUT2D eigenvalue weighted by molar-refractivity contribution is 7.98. The fourth-order valence-corrected chi connectivity index (χ4v) is 3.17. The van der Waals surface area contributed by atoms with Gasteiger partial charge in [-0.15, -0.1) is 5.10 Å². The van der Waals surface area contributed by atoms with Crippen molar-refractivity contribution in [3.8, 4) is 11.4 Å². The molecule has 2 heterocycles. The Morgan fingerprint density at radius 1 is 1.00 bits per heavy atom. The van der Waals surface area contributed by atoms with Crippen LogP contribution < -0.4 is 5.73 Å². The first-order valence-electron chi connectivity index (χ1n) is 7.51. The molecule has 0 aliphatic rings. The predicted octanol–water partition coefficient (Wildman–Crippen LogP) is 3.94. The van der Waals surface area contributed by atoms with E-state index < -0.39 is 0 Å². The van der Waals surface area contributed by atoms with Crippen molar-refractivity contribution in [3.63, 3.8) is 0 Å². The molecule has 2 aromatic carbocycles. The number of aromatic amines is 1. The third-order valence-corrected chi connectivity index (χ3v) is 4.69. The summed E-state index contributed by atoms with van der Waals surface area (Å²) in [4.78, 5) is 13.4. The fourth-order valence-electron chi connectivity index (χ4n) is 2.39. The Labute approximate surface area is 152 Å². The molecule has 0 aliphatic heterocycles. The van der Waals surface area contributed by atoms with Gasteiger partial charge in [0.05, 0.1) is 11.3 Å². The molecule has 2 aromatic heterocycles. The predicted molar refractivity (Wildman–Crippen MR) is 100 cm³/mol. The van der Waals surface area contributed by atoms with Gasteiger partial charge in [0.15, 0.2) is 5.82 Å². The van der Waals surface area contributed by atoms with Crippen LogP contribution in [-0.2, 0) is 5.75 Å². The monoisotopic (exact) mass is 368 g/mol. The van der Waals surface area contributed by atoms with E-state index in [0.29, 0.717) is 33.4 Å². The third kappa shape index (κ3) is 3.42. The quantitative estimate of drug-likeness (QED) is 0.530. The number of nitrogens with one attached hydrogen (secondary N) is 1. The van der Waals surface area contributed by atoms with Gasteiger partial charge < -0.3 is 5.73 Å². The van der Waals surface area contributed by atoms with Crippen molar-refractivity contribution < 1.29 is 0 Å². The summed E-state index contributed by atoms with van der Waals surface area (Å²) in [6.07, 6.45) is 0. The van der Waals surface area contributed by atoms with Crippen molar-refractivity contribution in [1.82, 2.24) is 25.1 Å². The minimum Gasteiger partial charge on any atom is -0.383 e. The van der Waals surface area contributed by atoms with Gasteiger partial charge in [-0.2, -0.15) is 0 Å². The Morgan fingerprint density at radius 2 is 1.80 bits per heavy atom. The number of nitrogen functional groups attached to an aromatic ring is 1. The summed E-state index contributed by atoms with van der Waals surface area (Å²) < 4.78 is 0. The number of hydrogen-bond donors (Lipinski definition) is 2. The van der Waals surface area contributed by atoms with Crippen LogP contribution in [0.4, 0.5) is 5.82 Å². The maximum Gasteiger partial charge on any atom is 0.209 e. The van der Waals surface area contributed by atoms with E-state index in [1.165, 1.54) is 11.8 Å². The molecule has 0 atom stereocenters. The van der Waals surface area contributed by atoms with Crippen molar-refractivity contribution in [2.75, 3.05) is 5.73 Å². The Bertz CT molecular complexity index is 1030. The van der Waals surface area contributed by atoms with Gasteiger partial charge in [0, 0.05) is 16.0 Å². The number of halogens is 1. The number of anilines is 1. The molecule has 0 amide bonds. The van der Waals surface area contributed by atoms with E-state index in [-0.39, 0.29) is 0 Å². The zero-order chi connectivity index (χ0) is 17.2. The molecule has 0 saturated carbocycles. The van der Waals surface area contributed by atoms with Crippen molar-refractivity contribution in [3.05, 3.63) is 59.4 Å². The first kappa shape index (κ1) is 15.9. The number of rotatable bonds is 4. The second-order valence-corrected chi connectivity index (χ2v) is 6.68. The summed E-state index contributed by atoms with van der Waals surface area (Å²) in [6, 6.07) is 15.1. The van der Waals surface area contributed by atoms with E-state index in [1.807, 2.05) is 48.5 Å². The van der Waals surface area contributed by atoms with Gasteiger partial charge >= 0.3 is 0 Å². The average Bonchev–Trinajstić information content (AvgIpc) is 3.10. The summed E-state index contributed by atoms with van der Waals surface area (Å²) in [6.45, 7) is 0. The van der Waals surface area contributed by atoms with E-state index >= 15 is 0 Å². The van der Waals surface area contributed by atoms with Crippen LogP contribution in [0.25, 0.3) is 22.3 Å². The van der Waals surface area contributed by atoms with Crippen molar-refractivity contribution in [2.45, 2.75) is 10.9 Å². The van der Waals surface area contributed by atoms with Crippen LogP contribution in [0.5, 0.6) is 0 Å². The molecule has 0 unspecified atom stereocenters. The number of H-pyrrole nitrogens is 1. The first-order chi connectivity index (χ1) is 12.2. The maximum absolute atomic E-state index is 6.01. The van der Waals surface area contributed by atoms with Gasteiger partial charge in [0.25, 0.3) is 0 Å². The summed E-state index contributed by atoms with van der Waals surface area (Å²) >= 11 is 7.35. The average molecular weight is 369 g/mol. The maximum atomic E-state index is 6.01. The van der Waals surface area contributed by atoms with Crippen molar-refractivity contribution >= 4 is 40.1 Å². The zero-order valence-electron chi connectivity index (χ0n) is 13.0. The SMILES string of the molecule is Nc1nc(CSc2n[nH]c(-c3ccc(Cl)cc3)n2)nc2ccccc12. The summed E-state index contributed by atoms with van der Waals surface area (Å²) in [7, 11) is 0. The number of aromatic nitrogens is 5. The van der Waals surface area contributed by atoms with E-state index in [2.05, 4.69) is 25.1 Å². The Hall–Kier alpha value is -2.64. The van der Waals surface area contributed by atoms with Crippen LogP contribution in [0.1, 0.15) is 5.82 Å². The lowest BCUT2D eigenvalue weighted by Gasteiger charge is -2.03. The minimum absolute atomic E-state index is 0.484. The van der Waals surface area contributed by atoms with Gasteiger partial charge in [-0.3, -0.25) is 5.10 Å². The molecule has 25 heavy (non-hydrogen) atoms. The van der Waals surface area contributed by atoms with Crippen LogP contribution >= 0.6 is 23.4 Å². The van der Waals surface area contributed by atoms with E-state index in [1.54, 1.807) is 0 Å². The third-order valence-electron chi connectivity index (χ3n) is 3.59. The topological polar surface area (TPSA) is 93.4 Å². The minimum atomic E-state index is 0.484. The number of para-hydroxylation sites is 1. The second kappa shape index (κ2) is 6.70. The molecule has 4 aromatic rings. The molecule has 8 heteroatoms. The van der Waals surface area contributed by atoms with E-state index in [0.717, 1.165) is 16.5 Å². The number of thioether (sulfide) groups is 1. The standard InChI is InChI=1S/C17H13ClN6S/c18-11-7-5-10(6-8-11)16-22-17(24-23-16)25-9-14-20-13-4-2-1-3-12(13)15(19)21-14/h1-8H,9H2,(H2,19,20,21)(H,22,23,24). The lowest BCUT2D eigenvalue weighted by molar-refractivity contribution is 0.968. The number of nitrogens with zero attached hydrogens (tertiary/aromatic N) is 4. The molecule has 0 spiro atoms. The molecule has 0 saturated heterocycles. The Morgan fingerprint density at radius 3 is 2.64 bits per heavy atom. The van der Waals surface area contributed by atoms with E-state index in [9.17, 15) is 0 Å². The fraction of sp³-hybridized carbons (Fsp3) is 0.0588. The van der Waals surface area contributed by atoms with Crippen LogP contribution in [0.15, 0.2) is 53.7 Å². The molecule has 3 N–H and O–H groups in total. The highest BCUT2D eigenvalue weighted by Gasteiger charge is 2.09. The smallest absolute Gasteiger partial charge is 0.209 e. The molecule has 124 valence electrons.